The molecule has 0 atom stereocenters. The predicted octanol–water partition coefficient (Wildman–Crippen LogP) is 5.83. The van der Waals surface area contributed by atoms with Gasteiger partial charge in [0.25, 0.3) is 0 Å². The van der Waals surface area contributed by atoms with Gasteiger partial charge in [-0.2, -0.15) is 0 Å². The molecule has 3 aromatic rings. The standard InChI is InChI=1S/C18H16ClNS/c1-13-3-12-18(14-4-6-15(19)7-5-14)20(13)16-8-10-17(21-2)11-9-16/h3-12H,1-2H3. The Morgan fingerprint density at radius 1 is 0.857 bits per heavy atom. The number of halogens is 1. The number of nitrogens with zero attached hydrogens (tertiary/aromatic N) is 1. The molecule has 0 radical (unpaired) electrons. The van der Waals surface area contributed by atoms with Crippen LogP contribution in [0.5, 0.6) is 0 Å². The highest BCUT2D eigenvalue weighted by molar-refractivity contribution is 7.98. The largest absolute Gasteiger partial charge is 0.314 e. The maximum absolute atomic E-state index is 5.99. The van der Waals surface area contributed by atoms with Crippen molar-refractivity contribution < 1.29 is 0 Å². The van der Waals surface area contributed by atoms with E-state index < -0.39 is 0 Å². The van der Waals surface area contributed by atoms with Crippen LogP contribution in [0.1, 0.15) is 5.69 Å². The van der Waals surface area contributed by atoms with Gasteiger partial charge in [-0.05, 0) is 67.3 Å². The molecule has 0 aliphatic heterocycles. The number of thioether (sulfide) groups is 1. The lowest BCUT2D eigenvalue weighted by Gasteiger charge is -2.12. The van der Waals surface area contributed by atoms with Crippen molar-refractivity contribution in [1.29, 1.82) is 0 Å². The topological polar surface area (TPSA) is 4.93 Å². The molecule has 0 unspecified atom stereocenters. The summed E-state index contributed by atoms with van der Waals surface area (Å²) in [6, 6.07) is 20.9. The lowest BCUT2D eigenvalue weighted by molar-refractivity contribution is 1.02. The number of benzene rings is 2. The van der Waals surface area contributed by atoms with Crippen molar-refractivity contribution in [3.8, 4) is 16.9 Å². The molecule has 0 amide bonds. The van der Waals surface area contributed by atoms with Gasteiger partial charge in [0.05, 0.1) is 5.69 Å². The van der Waals surface area contributed by atoms with Crippen LogP contribution in [0, 0.1) is 6.92 Å². The smallest absolute Gasteiger partial charge is 0.0531 e. The second kappa shape index (κ2) is 6.00. The first-order valence-electron chi connectivity index (χ1n) is 6.78. The monoisotopic (exact) mass is 313 g/mol. The predicted molar refractivity (Wildman–Crippen MR) is 92.7 cm³/mol. The molecule has 0 aliphatic rings. The molecule has 3 heteroatoms. The maximum Gasteiger partial charge on any atom is 0.0531 e. The van der Waals surface area contributed by atoms with Gasteiger partial charge in [-0.1, -0.05) is 23.7 Å². The van der Waals surface area contributed by atoms with Gasteiger partial charge in [0.2, 0.25) is 0 Å². The van der Waals surface area contributed by atoms with Gasteiger partial charge in [-0.3, -0.25) is 0 Å². The highest BCUT2D eigenvalue weighted by atomic mass is 35.5. The van der Waals surface area contributed by atoms with Crippen molar-refractivity contribution in [2.45, 2.75) is 11.8 Å². The van der Waals surface area contributed by atoms with Crippen molar-refractivity contribution in [3.63, 3.8) is 0 Å². The van der Waals surface area contributed by atoms with E-state index in [0.29, 0.717) is 0 Å². The number of aromatic nitrogens is 1. The van der Waals surface area contributed by atoms with Crippen LogP contribution in [0.15, 0.2) is 65.6 Å². The summed E-state index contributed by atoms with van der Waals surface area (Å²) in [4.78, 5) is 1.27. The fourth-order valence-electron chi connectivity index (χ4n) is 2.46. The van der Waals surface area contributed by atoms with E-state index >= 15 is 0 Å². The average Bonchev–Trinajstić information content (AvgIpc) is 2.90. The second-order valence-electron chi connectivity index (χ2n) is 4.90. The first-order chi connectivity index (χ1) is 10.2. The Morgan fingerprint density at radius 3 is 2.14 bits per heavy atom. The molecule has 0 fully saturated rings. The summed E-state index contributed by atoms with van der Waals surface area (Å²) in [6.45, 7) is 2.13. The van der Waals surface area contributed by atoms with Gasteiger partial charge in [0.15, 0.2) is 0 Å². The SMILES string of the molecule is CSc1ccc(-n2c(C)ccc2-c2ccc(Cl)cc2)cc1. The van der Waals surface area contributed by atoms with Crippen molar-refractivity contribution in [3.05, 3.63) is 71.4 Å². The summed E-state index contributed by atoms with van der Waals surface area (Å²) in [7, 11) is 0. The van der Waals surface area contributed by atoms with Crippen LogP contribution in [0.4, 0.5) is 0 Å². The molecular weight excluding hydrogens is 298 g/mol. The fourth-order valence-corrected chi connectivity index (χ4v) is 2.99. The lowest BCUT2D eigenvalue weighted by Crippen LogP contribution is -1.98. The van der Waals surface area contributed by atoms with Crippen LogP contribution in [0.2, 0.25) is 5.02 Å². The zero-order valence-corrected chi connectivity index (χ0v) is 13.6. The molecule has 0 saturated heterocycles. The third-order valence-corrected chi connectivity index (χ3v) is 4.54. The van der Waals surface area contributed by atoms with E-state index in [0.717, 1.165) is 5.02 Å². The Hall–Kier alpha value is -1.64. The maximum atomic E-state index is 5.99. The molecule has 0 spiro atoms. The summed E-state index contributed by atoms with van der Waals surface area (Å²) < 4.78 is 2.27. The molecule has 1 heterocycles. The van der Waals surface area contributed by atoms with Crippen LogP contribution < -0.4 is 0 Å². The summed E-state index contributed by atoms with van der Waals surface area (Å²) in [5.74, 6) is 0. The summed E-state index contributed by atoms with van der Waals surface area (Å²) in [6.07, 6.45) is 2.09. The Morgan fingerprint density at radius 2 is 1.52 bits per heavy atom. The molecule has 0 bridgehead atoms. The molecule has 0 aliphatic carbocycles. The van der Waals surface area contributed by atoms with E-state index in [9.17, 15) is 0 Å². The van der Waals surface area contributed by atoms with Gasteiger partial charge in [0.1, 0.15) is 0 Å². The zero-order valence-electron chi connectivity index (χ0n) is 12.0. The lowest BCUT2D eigenvalue weighted by atomic mass is 10.1. The van der Waals surface area contributed by atoms with E-state index in [1.165, 1.54) is 27.5 Å². The van der Waals surface area contributed by atoms with E-state index in [1.54, 1.807) is 11.8 Å². The van der Waals surface area contributed by atoms with Crippen molar-refractivity contribution in [1.82, 2.24) is 4.57 Å². The molecule has 106 valence electrons. The molecule has 0 N–H and O–H groups in total. The number of hydrogen-bond acceptors (Lipinski definition) is 1. The van der Waals surface area contributed by atoms with E-state index in [4.69, 9.17) is 11.6 Å². The molecule has 2 aromatic carbocycles. The molecule has 21 heavy (non-hydrogen) atoms. The molecule has 0 saturated carbocycles. The van der Waals surface area contributed by atoms with Gasteiger partial charge in [-0.15, -0.1) is 11.8 Å². The van der Waals surface area contributed by atoms with E-state index in [1.807, 2.05) is 12.1 Å². The molecular formula is C18H16ClNS. The van der Waals surface area contributed by atoms with Crippen LogP contribution in [-0.2, 0) is 0 Å². The Bertz CT molecular complexity index is 742. The number of rotatable bonds is 3. The van der Waals surface area contributed by atoms with Crippen LogP contribution in [-0.4, -0.2) is 10.8 Å². The van der Waals surface area contributed by atoms with E-state index in [2.05, 4.69) is 66.3 Å². The normalized spacial score (nSPS) is 10.8. The summed E-state index contributed by atoms with van der Waals surface area (Å²) in [5, 5.41) is 0.762. The highest BCUT2D eigenvalue weighted by Crippen LogP contribution is 2.28. The first-order valence-corrected chi connectivity index (χ1v) is 8.38. The van der Waals surface area contributed by atoms with Gasteiger partial charge in [0, 0.05) is 21.3 Å². The van der Waals surface area contributed by atoms with Crippen LogP contribution in [0.25, 0.3) is 16.9 Å². The average molecular weight is 314 g/mol. The number of aryl methyl sites for hydroxylation is 1. The molecule has 3 rings (SSSR count). The van der Waals surface area contributed by atoms with Crippen molar-refractivity contribution >= 4 is 23.4 Å². The minimum Gasteiger partial charge on any atom is -0.314 e. The van der Waals surface area contributed by atoms with Crippen LogP contribution >= 0.6 is 23.4 Å². The minimum atomic E-state index is 0.762. The highest BCUT2D eigenvalue weighted by Gasteiger charge is 2.09. The van der Waals surface area contributed by atoms with Crippen molar-refractivity contribution in [2.24, 2.45) is 0 Å². The third-order valence-electron chi connectivity index (χ3n) is 3.55. The van der Waals surface area contributed by atoms with Gasteiger partial charge >= 0.3 is 0 Å². The van der Waals surface area contributed by atoms with Gasteiger partial charge in [-0.25, -0.2) is 0 Å². The first kappa shape index (κ1) is 14.3. The Labute approximate surface area is 134 Å². The van der Waals surface area contributed by atoms with Crippen LogP contribution in [0.3, 0.4) is 0 Å². The second-order valence-corrected chi connectivity index (χ2v) is 6.22. The summed E-state index contributed by atoms with van der Waals surface area (Å²) >= 11 is 7.74. The Balaban J connectivity index is 2.09. The Kier molecular flexibility index (Phi) is 4.09. The minimum absolute atomic E-state index is 0.762. The quantitative estimate of drug-likeness (QED) is 0.551. The molecule has 1 aromatic heterocycles. The van der Waals surface area contributed by atoms with Gasteiger partial charge < -0.3 is 4.57 Å². The zero-order chi connectivity index (χ0) is 14.8. The molecule has 1 nitrogen and oxygen atoms in total. The number of hydrogen-bond donors (Lipinski definition) is 0. The van der Waals surface area contributed by atoms with E-state index in [-0.39, 0.29) is 0 Å². The van der Waals surface area contributed by atoms with Crippen molar-refractivity contribution in [2.75, 3.05) is 6.26 Å². The third kappa shape index (κ3) is 2.87. The fraction of sp³-hybridized carbons (Fsp3) is 0.111. The summed E-state index contributed by atoms with van der Waals surface area (Å²) in [5.41, 5.74) is 4.75.